The number of rotatable bonds is 6. The molecule has 0 aliphatic rings. The van der Waals surface area contributed by atoms with Gasteiger partial charge in [0.1, 0.15) is 15.9 Å². The van der Waals surface area contributed by atoms with Crippen LogP contribution >= 0.6 is 15.9 Å². The van der Waals surface area contributed by atoms with E-state index in [-0.39, 0.29) is 5.91 Å². The number of hydrogen-bond donors (Lipinski definition) is 1. The van der Waals surface area contributed by atoms with E-state index in [1.165, 1.54) is 14.2 Å². The van der Waals surface area contributed by atoms with Crippen molar-refractivity contribution in [3.05, 3.63) is 16.4 Å². The number of carbonyl (C=O) groups excluding carboxylic acids is 2. The van der Waals surface area contributed by atoms with Crippen molar-refractivity contribution in [2.24, 2.45) is 0 Å². The Morgan fingerprint density at radius 1 is 1.43 bits per heavy atom. The second-order valence-corrected chi connectivity index (χ2v) is 6.66. The van der Waals surface area contributed by atoms with Gasteiger partial charge in [-0.25, -0.2) is 9.86 Å². The van der Waals surface area contributed by atoms with Crippen molar-refractivity contribution in [3.8, 4) is 0 Å². The van der Waals surface area contributed by atoms with Gasteiger partial charge in [0.25, 0.3) is 5.91 Å². The van der Waals surface area contributed by atoms with Gasteiger partial charge in [-0.3, -0.25) is 14.3 Å². The molecule has 1 rings (SSSR count). The minimum Gasteiger partial charge on any atom is -0.444 e. The maximum absolute atomic E-state index is 12.1. The fraction of sp³-hybridized carbons (Fsp3) is 0.643. The van der Waals surface area contributed by atoms with Crippen LogP contribution in [0.4, 0.5) is 4.79 Å². The van der Waals surface area contributed by atoms with Crippen molar-refractivity contribution < 1.29 is 19.2 Å². The molecule has 23 heavy (non-hydrogen) atoms. The van der Waals surface area contributed by atoms with Crippen LogP contribution in [0.1, 0.15) is 37.7 Å². The van der Waals surface area contributed by atoms with Gasteiger partial charge in [-0.2, -0.15) is 5.10 Å². The summed E-state index contributed by atoms with van der Waals surface area (Å²) in [6.45, 7) is 6.30. The zero-order valence-electron chi connectivity index (χ0n) is 14.1. The molecule has 0 aliphatic heterocycles. The predicted octanol–water partition coefficient (Wildman–Crippen LogP) is 2.19. The first-order valence-electron chi connectivity index (χ1n) is 7.16. The molecular formula is C14H23BrN4O4. The first-order chi connectivity index (χ1) is 10.6. The zero-order valence-corrected chi connectivity index (χ0v) is 15.6. The second kappa shape index (κ2) is 8.30. The molecule has 0 radical (unpaired) electrons. The lowest BCUT2D eigenvalue weighted by atomic mass is 10.2. The topological polar surface area (TPSA) is 85.7 Å². The fourth-order valence-corrected chi connectivity index (χ4v) is 2.11. The molecule has 130 valence electrons. The maximum atomic E-state index is 12.1. The zero-order chi connectivity index (χ0) is 17.6. The molecule has 9 heteroatoms. The lowest BCUT2D eigenvalue weighted by Crippen LogP contribution is -2.33. The van der Waals surface area contributed by atoms with Gasteiger partial charge in [-0.1, -0.05) is 0 Å². The molecule has 0 saturated carbocycles. The first kappa shape index (κ1) is 19.4. The lowest BCUT2D eigenvalue weighted by molar-refractivity contribution is -0.0763. The van der Waals surface area contributed by atoms with Crippen molar-refractivity contribution in [1.29, 1.82) is 0 Å². The Balaban J connectivity index is 2.53. The van der Waals surface area contributed by atoms with E-state index in [2.05, 4.69) is 26.3 Å². The van der Waals surface area contributed by atoms with Gasteiger partial charge in [0.2, 0.25) is 0 Å². The number of nitrogens with zero attached hydrogens (tertiary/aromatic N) is 3. The van der Waals surface area contributed by atoms with Gasteiger partial charge in [0.15, 0.2) is 0 Å². The summed E-state index contributed by atoms with van der Waals surface area (Å²) in [5.41, 5.74) is -0.125. The highest BCUT2D eigenvalue weighted by Crippen LogP contribution is 2.13. The SMILES string of the molecule is CON(C)C(=O)c1cc(Br)nn1CCCNC(=O)OC(C)(C)C. The van der Waals surface area contributed by atoms with Crippen molar-refractivity contribution in [1.82, 2.24) is 20.2 Å². The van der Waals surface area contributed by atoms with Crippen LogP contribution in [-0.4, -0.2) is 53.1 Å². The van der Waals surface area contributed by atoms with Crippen LogP contribution in [0, 0.1) is 0 Å². The molecule has 8 nitrogen and oxygen atoms in total. The highest BCUT2D eigenvalue weighted by Gasteiger charge is 2.19. The van der Waals surface area contributed by atoms with Crippen molar-refractivity contribution in [2.75, 3.05) is 20.7 Å². The maximum Gasteiger partial charge on any atom is 0.407 e. The van der Waals surface area contributed by atoms with Crippen LogP contribution in [0.15, 0.2) is 10.7 Å². The van der Waals surface area contributed by atoms with Crippen LogP contribution in [0.25, 0.3) is 0 Å². The number of hydroxylamine groups is 2. The lowest BCUT2D eigenvalue weighted by Gasteiger charge is -2.19. The summed E-state index contributed by atoms with van der Waals surface area (Å²) < 4.78 is 7.27. The fourth-order valence-electron chi connectivity index (χ4n) is 1.71. The van der Waals surface area contributed by atoms with Gasteiger partial charge in [-0.05, 0) is 43.1 Å². The normalized spacial score (nSPS) is 11.2. The summed E-state index contributed by atoms with van der Waals surface area (Å²) in [7, 11) is 2.94. The Bertz CT molecular complexity index is 553. The number of carbonyl (C=O) groups is 2. The van der Waals surface area contributed by atoms with Crippen molar-refractivity contribution in [2.45, 2.75) is 39.3 Å². The quantitative estimate of drug-likeness (QED) is 0.594. The highest BCUT2D eigenvalue weighted by atomic mass is 79.9. The minimum absolute atomic E-state index is 0.300. The standard InChI is InChI=1S/C14H23BrN4O4/c1-14(2,3)23-13(21)16-7-6-8-19-10(9-11(15)17-19)12(20)18(4)22-5/h9H,6-8H2,1-5H3,(H,16,21). The minimum atomic E-state index is -0.527. The van der Waals surface area contributed by atoms with Crippen molar-refractivity contribution in [3.63, 3.8) is 0 Å². The van der Waals surface area contributed by atoms with E-state index >= 15 is 0 Å². The molecule has 1 heterocycles. The average Bonchev–Trinajstić information content (AvgIpc) is 2.81. The third-order valence-corrected chi connectivity index (χ3v) is 3.13. The number of halogens is 1. The molecule has 0 aromatic carbocycles. The second-order valence-electron chi connectivity index (χ2n) is 5.84. The molecule has 2 amide bonds. The summed E-state index contributed by atoms with van der Waals surface area (Å²) in [5, 5.41) is 8.00. The summed E-state index contributed by atoms with van der Waals surface area (Å²) in [6, 6.07) is 1.62. The molecule has 0 spiro atoms. The van der Waals surface area contributed by atoms with Gasteiger partial charge in [0, 0.05) is 26.2 Å². The summed E-state index contributed by atoms with van der Waals surface area (Å²) in [5.74, 6) is -0.300. The third-order valence-electron chi connectivity index (χ3n) is 2.74. The van der Waals surface area contributed by atoms with Crippen LogP contribution < -0.4 is 5.32 Å². The molecule has 1 aromatic rings. The van der Waals surface area contributed by atoms with Gasteiger partial charge < -0.3 is 10.1 Å². The van der Waals surface area contributed by atoms with Crippen molar-refractivity contribution >= 4 is 27.9 Å². The number of nitrogens with one attached hydrogen (secondary N) is 1. The van der Waals surface area contributed by atoms with Crippen LogP contribution in [0.3, 0.4) is 0 Å². The third kappa shape index (κ3) is 6.57. The average molecular weight is 391 g/mol. The van der Waals surface area contributed by atoms with E-state index in [0.717, 1.165) is 5.06 Å². The molecule has 0 atom stereocenters. The Hall–Kier alpha value is -1.61. The largest absolute Gasteiger partial charge is 0.444 e. The smallest absolute Gasteiger partial charge is 0.407 e. The van der Waals surface area contributed by atoms with Crippen LogP contribution in [0.5, 0.6) is 0 Å². The number of amides is 2. The molecule has 0 bridgehead atoms. The summed E-state index contributed by atoms with van der Waals surface area (Å²) >= 11 is 3.25. The monoisotopic (exact) mass is 390 g/mol. The van der Waals surface area contributed by atoms with E-state index in [4.69, 9.17) is 9.57 Å². The van der Waals surface area contributed by atoms with Gasteiger partial charge in [-0.15, -0.1) is 0 Å². The number of alkyl carbamates (subject to hydrolysis) is 1. The van der Waals surface area contributed by atoms with E-state index in [9.17, 15) is 9.59 Å². The van der Waals surface area contributed by atoms with Crippen LogP contribution in [-0.2, 0) is 16.1 Å². The molecule has 0 fully saturated rings. The molecule has 1 aromatic heterocycles. The summed E-state index contributed by atoms with van der Waals surface area (Å²) in [4.78, 5) is 28.6. The van der Waals surface area contributed by atoms with Gasteiger partial charge in [0.05, 0.1) is 7.11 Å². The number of aromatic nitrogens is 2. The van der Waals surface area contributed by atoms with E-state index in [1.54, 1.807) is 31.5 Å². The molecular weight excluding hydrogens is 368 g/mol. The van der Waals surface area contributed by atoms with E-state index < -0.39 is 11.7 Å². The number of ether oxygens (including phenoxy) is 1. The number of aryl methyl sites for hydroxylation is 1. The number of hydrogen-bond acceptors (Lipinski definition) is 5. The Morgan fingerprint density at radius 2 is 2.09 bits per heavy atom. The Kier molecular flexibility index (Phi) is 7.01. The van der Waals surface area contributed by atoms with E-state index in [1.807, 2.05) is 0 Å². The van der Waals surface area contributed by atoms with Crippen LogP contribution in [0.2, 0.25) is 0 Å². The summed E-state index contributed by atoms with van der Waals surface area (Å²) in [6.07, 6.45) is 0.138. The molecule has 0 aliphatic carbocycles. The predicted molar refractivity (Wildman–Crippen MR) is 87.9 cm³/mol. The molecule has 1 N–H and O–H groups in total. The molecule has 0 unspecified atom stereocenters. The van der Waals surface area contributed by atoms with E-state index in [0.29, 0.717) is 29.8 Å². The Morgan fingerprint density at radius 3 is 2.65 bits per heavy atom. The first-order valence-corrected chi connectivity index (χ1v) is 7.95. The molecule has 0 saturated heterocycles. The highest BCUT2D eigenvalue weighted by molar-refractivity contribution is 9.10. The Labute approximate surface area is 144 Å². The van der Waals surface area contributed by atoms with Gasteiger partial charge >= 0.3 is 6.09 Å².